The molecular weight excluding hydrogens is 769 g/mol. The molecule has 4 amide bonds. The lowest BCUT2D eigenvalue weighted by Crippen LogP contribution is -2.29. The van der Waals surface area contributed by atoms with Crippen molar-refractivity contribution in [2.75, 3.05) is 21.3 Å². The number of fused-ring (bicyclic) bond motifs is 2. The minimum absolute atomic E-state index is 0.137. The molecule has 0 fully saturated rings. The third kappa shape index (κ3) is 8.12. The highest BCUT2D eigenvalue weighted by molar-refractivity contribution is 7.86. The van der Waals surface area contributed by atoms with E-state index >= 15 is 0 Å². The summed E-state index contributed by atoms with van der Waals surface area (Å²) in [5.74, 6) is -4.18. The number of phenols is 2. The first-order valence-electron chi connectivity index (χ1n) is 16.2. The highest BCUT2D eigenvalue weighted by Gasteiger charge is 2.21. The Balaban J connectivity index is 1.11. The summed E-state index contributed by atoms with van der Waals surface area (Å²) in [5.41, 5.74) is 1.80. The predicted octanol–water partition coefficient (Wildman–Crippen LogP) is 5.60. The van der Waals surface area contributed by atoms with Crippen LogP contribution in [0.4, 0.5) is 22.7 Å². The van der Waals surface area contributed by atoms with Gasteiger partial charge in [0.15, 0.2) is 0 Å². The summed E-state index contributed by atoms with van der Waals surface area (Å²) >= 11 is 0. The number of phenolic OH excluding ortho intramolecular Hbond substituents is 2. The van der Waals surface area contributed by atoms with Gasteiger partial charge in [-0.25, -0.2) is 0 Å². The first-order chi connectivity index (χ1) is 26.3. The van der Waals surface area contributed by atoms with Crippen LogP contribution >= 0.6 is 0 Å². The second kappa shape index (κ2) is 14.8. The van der Waals surface area contributed by atoms with Crippen molar-refractivity contribution in [1.82, 2.24) is 0 Å². The SMILES string of the molecule is Cc1cc(C(=O)Nc2cccc3c(O)cc(S(=O)(=O)O)cc23)ccc1NC(=O)C(=O)Nc1ccc(C(=O)Nc2cccc3c(O)cc(S(=O)(=O)O)cc23)cc1C. The van der Waals surface area contributed by atoms with Crippen LogP contribution in [0, 0.1) is 13.8 Å². The van der Waals surface area contributed by atoms with Gasteiger partial charge in [-0.05, 0) is 85.6 Å². The van der Waals surface area contributed by atoms with Crippen molar-refractivity contribution in [3.05, 3.63) is 119 Å². The molecule has 8 N–H and O–H groups in total. The van der Waals surface area contributed by atoms with E-state index in [0.717, 1.165) is 24.3 Å². The topological polar surface area (TPSA) is 266 Å². The Labute approximate surface area is 318 Å². The molecule has 0 atom stereocenters. The van der Waals surface area contributed by atoms with Crippen LogP contribution in [0.2, 0.25) is 0 Å². The first-order valence-corrected chi connectivity index (χ1v) is 19.1. The van der Waals surface area contributed by atoms with E-state index < -0.39 is 65.2 Å². The van der Waals surface area contributed by atoms with Crippen molar-refractivity contribution in [3.63, 3.8) is 0 Å². The monoisotopic (exact) mass is 798 g/mol. The van der Waals surface area contributed by atoms with Gasteiger partial charge in [-0.3, -0.25) is 28.3 Å². The van der Waals surface area contributed by atoms with Crippen LogP contribution in [0.3, 0.4) is 0 Å². The molecule has 0 saturated heterocycles. The zero-order chi connectivity index (χ0) is 40.7. The summed E-state index contributed by atoms with van der Waals surface area (Å²) in [7, 11) is -9.32. The van der Waals surface area contributed by atoms with Crippen molar-refractivity contribution >= 4 is 88.2 Å². The molecule has 0 aromatic heterocycles. The van der Waals surface area contributed by atoms with Crippen molar-refractivity contribution in [3.8, 4) is 11.5 Å². The van der Waals surface area contributed by atoms with Crippen LogP contribution in [0.5, 0.6) is 11.5 Å². The molecule has 0 spiro atoms. The Hall–Kier alpha value is -6.86. The molecule has 16 nitrogen and oxygen atoms in total. The van der Waals surface area contributed by atoms with Gasteiger partial charge < -0.3 is 31.5 Å². The smallest absolute Gasteiger partial charge is 0.314 e. The number of nitrogens with one attached hydrogen (secondary N) is 4. The van der Waals surface area contributed by atoms with Crippen LogP contribution in [0.15, 0.2) is 107 Å². The van der Waals surface area contributed by atoms with Gasteiger partial charge in [0.25, 0.3) is 32.1 Å². The van der Waals surface area contributed by atoms with E-state index in [9.17, 15) is 55.3 Å². The molecule has 0 unspecified atom stereocenters. The number of rotatable bonds is 8. The largest absolute Gasteiger partial charge is 0.507 e. The van der Waals surface area contributed by atoms with Crippen LogP contribution in [-0.2, 0) is 29.8 Å². The van der Waals surface area contributed by atoms with E-state index in [1.54, 1.807) is 13.8 Å². The maximum Gasteiger partial charge on any atom is 0.314 e. The fraction of sp³-hybridized carbons (Fsp3) is 0.0526. The minimum Gasteiger partial charge on any atom is -0.507 e. The molecule has 0 bridgehead atoms. The van der Waals surface area contributed by atoms with E-state index in [1.807, 2.05) is 0 Å². The lowest BCUT2D eigenvalue weighted by atomic mass is 10.1. The van der Waals surface area contributed by atoms with Crippen LogP contribution in [0.1, 0.15) is 31.8 Å². The molecule has 0 heterocycles. The number of carbonyl (C=O) groups is 4. The zero-order valence-corrected chi connectivity index (χ0v) is 30.7. The van der Waals surface area contributed by atoms with Crippen molar-refractivity contribution in [2.45, 2.75) is 23.6 Å². The van der Waals surface area contributed by atoms with E-state index in [1.165, 1.54) is 72.8 Å². The summed E-state index contributed by atoms with van der Waals surface area (Å²) < 4.78 is 65.7. The second-order valence-corrected chi connectivity index (χ2v) is 15.4. The number of aromatic hydroxyl groups is 2. The fourth-order valence-corrected chi connectivity index (χ4v) is 6.89. The Kier molecular flexibility index (Phi) is 10.2. The molecule has 0 saturated carbocycles. The van der Waals surface area contributed by atoms with Crippen LogP contribution < -0.4 is 21.3 Å². The molecule has 0 aliphatic rings. The molecule has 0 aliphatic carbocycles. The summed E-state index contributed by atoms with van der Waals surface area (Å²) in [6, 6.07) is 21.4. The molecule has 286 valence electrons. The number of carbonyl (C=O) groups excluding carboxylic acids is 4. The number of hydrogen-bond acceptors (Lipinski definition) is 10. The molecule has 6 rings (SSSR count). The van der Waals surface area contributed by atoms with Gasteiger partial charge >= 0.3 is 11.8 Å². The molecule has 18 heteroatoms. The Morgan fingerprint density at radius 1 is 0.464 bits per heavy atom. The first kappa shape index (κ1) is 38.9. The van der Waals surface area contributed by atoms with Gasteiger partial charge in [0.2, 0.25) is 0 Å². The number of hydrogen-bond donors (Lipinski definition) is 8. The number of amides is 4. The van der Waals surface area contributed by atoms with Gasteiger partial charge in [0.1, 0.15) is 11.5 Å². The van der Waals surface area contributed by atoms with Gasteiger partial charge in [0, 0.05) is 67.6 Å². The summed E-state index contributed by atoms with van der Waals surface area (Å²) in [4.78, 5) is 50.9. The second-order valence-electron chi connectivity index (χ2n) is 12.5. The summed E-state index contributed by atoms with van der Waals surface area (Å²) in [6.45, 7) is 3.17. The van der Waals surface area contributed by atoms with E-state index in [0.29, 0.717) is 11.1 Å². The average molecular weight is 799 g/mol. The number of anilines is 4. The Morgan fingerprint density at radius 3 is 1.18 bits per heavy atom. The summed E-state index contributed by atoms with van der Waals surface area (Å²) in [5, 5.41) is 31.6. The van der Waals surface area contributed by atoms with Crippen molar-refractivity contribution < 1.29 is 55.3 Å². The van der Waals surface area contributed by atoms with Gasteiger partial charge in [0.05, 0.1) is 9.79 Å². The van der Waals surface area contributed by atoms with Crippen LogP contribution in [0.25, 0.3) is 21.5 Å². The standard InChI is InChI=1S/C38H30N4O12S2/c1-19-13-21(35(45)41-31-7-3-5-25-27(31)15-23(17-33(25)43)55(49,50)51)9-11-29(19)39-37(47)38(48)40-30-12-10-22(14-20(30)2)36(46)42-32-8-4-6-26-28(32)16-24(18-34(26)44)56(52,53)54/h3-18,43-44H,1-2H3,(H,39,47)(H,40,48)(H,41,45)(H,42,46)(H,49,50,51)(H,52,53,54). The highest BCUT2D eigenvalue weighted by Crippen LogP contribution is 2.35. The Morgan fingerprint density at radius 2 is 0.839 bits per heavy atom. The highest BCUT2D eigenvalue weighted by atomic mass is 32.2. The van der Waals surface area contributed by atoms with E-state index in [-0.39, 0.29) is 55.4 Å². The van der Waals surface area contributed by atoms with Gasteiger partial charge in [-0.1, -0.05) is 24.3 Å². The number of benzene rings is 6. The molecular formula is C38H30N4O12S2. The Bertz CT molecular complexity index is 2700. The van der Waals surface area contributed by atoms with Crippen LogP contribution in [-0.4, -0.2) is 59.8 Å². The van der Waals surface area contributed by atoms with E-state index in [2.05, 4.69) is 21.3 Å². The van der Waals surface area contributed by atoms with Gasteiger partial charge in [-0.15, -0.1) is 0 Å². The predicted molar refractivity (Wildman–Crippen MR) is 206 cm³/mol. The zero-order valence-electron chi connectivity index (χ0n) is 29.1. The molecule has 6 aromatic carbocycles. The summed E-state index contributed by atoms with van der Waals surface area (Å²) in [6.07, 6.45) is 0. The normalized spacial score (nSPS) is 11.6. The minimum atomic E-state index is -4.66. The van der Waals surface area contributed by atoms with Gasteiger partial charge in [-0.2, -0.15) is 16.8 Å². The van der Waals surface area contributed by atoms with E-state index in [4.69, 9.17) is 0 Å². The maximum absolute atomic E-state index is 13.2. The quantitative estimate of drug-likeness (QED) is 0.0691. The lowest BCUT2D eigenvalue weighted by molar-refractivity contribution is -0.133. The third-order valence-electron chi connectivity index (χ3n) is 8.67. The van der Waals surface area contributed by atoms with Crippen molar-refractivity contribution in [2.24, 2.45) is 0 Å². The number of aryl methyl sites for hydroxylation is 2. The maximum atomic E-state index is 13.2. The lowest BCUT2D eigenvalue weighted by Gasteiger charge is -2.14. The molecule has 0 aliphatic heterocycles. The fourth-order valence-electron chi connectivity index (χ4n) is 5.83. The third-order valence-corrected chi connectivity index (χ3v) is 10.3. The average Bonchev–Trinajstić information content (AvgIpc) is 3.12. The molecule has 0 radical (unpaired) electrons. The molecule has 56 heavy (non-hydrogen) atoms. The van der Waals surface area contributed by atoms with Crippen molar-refractivity contribution in [1.29, 1.82) is 0 Å². The molecule has 6 aromatic rings.